The minimum absolute atomic E-state index is 0.0799. The Labute approximate surface area is 230 Å². The molecule has 0 aliphatic heterocycles. The van der Waals surface area contributed by atoms with Gasteiger partial charge < -0.3 is 9.84 Å². The van der Waals surface area contributed by atoms with Gasteiger partial charge in [0.15, 0.2) is 11.6 Å². The number of halogens is 2. The molecule has 2 nitrogen and oxygen atoms in total. The molecule has 0 amide bonds. The molecule has 2 aromatic carbocycles. The first-order valence-electron chi connectivity index (χ1n) is 15.2. The third-order valence-corrected chi connectivity index (χ3v) is 14.2. The lowest BCUT2D eigenvalue weighted by Gasteiger charge is -2.42. The zero-order chi connectivity index (χ0) is 27.1. The third kappa shape index (κ3) is 7.07. The lowest BCUT2D eigenvalue weighted by Crippen LogP contribution is -2.36. The Morgan fingerprint density at radius 3 is 2.05 bits per heavy atom. The molecular weight excluding hydrogens is 494 g/mol. The molecule has 0 unspecified atom stereocenters. The van der Waals surface area contributed by atoms with Crippen LogP contribution in [0.3, 0.4) is 0 Å². The van der Waals surface area contributed by atoms with Crippen LogP contribution in [0.2, 0.25) is 24.7 Å². The van der Waals surface area contributed by atoms with Gasteiger partial charge in [0.1, 0.15) is 5.75 Å². The third-order valence-electron chi connectivity index (χ3n) is 9.78. The molecule has 0 radical (unpaired) electrons. The average molecular weight is 543 g/mol. The van der Waals surface area contributed by atoms with Crippen LogP contribution < -0.4 is 4.74 Å². The molecule has 0 spiro atoms. The van der Waals surface area contributed by atoms with E-state index in [4.69, 9.17) is 9.84 Å². The topological polar surface area (TPSA) is 29.5 Å². The van der Waals surface area contributed by atoms with Crippen molar-refractivity contribution in [2.24, 2.45) is 11.8 Å². The molecule has 0 aromatic heterocycles. The van der Waals surface area contributed by atoms with Gasteiger partial charge in [-0.3, -0.25) is 0 Å². The molecule has 2 saturated carbocycles. The van der Waals surface area contributed by atoms with Gasteiger partial charge in [0.2, 0.25) is 0 Å². The van der Waals surface area contributed by atoms with Gasteiger partial charge in [0, 0.05) is 18.6 Å². The van der Waals surface area contributed by atoms with E-state index in [-0.39, 0.29) is 12.5 Å². The Bertz CT molecular complexity index is 1010. The summed E-state index contributed by atoms with van der Waals surface area (Å²) in [5.74, 6) is 0.961. The Morgan fingerprint density at radius 2 is 1.45 bits per heavy atom. The van der Waals surface area contributed by atoms with Crippen molar-refractivity contribution in [3.63, 3.8) is 0 Å². The molecule has 1 N–H and O–H groups in total. The van der Waals surface area contributed by atoms with Crippen molar-refractivity contribution in [2.45, 2.75) is 108 Å². The molecule has 0 atom stereocenters. The van der Waals surface area contributed by atoms with Crippen molar-refractivity contribution >= 4 is 8.07 Å². The summed E-state index contributed by atoms with van der Waals surface area (Å²) in [6.45, 7) is 8.04. The quantitative estimate of drug-likeness (QED) is 0.226. The fraction of sp³-hybridized carbons (Fsp3) is 0.636. The van der Waals surface area contributed by atoms with Gasteiger partial charge in [0.25, 0.3) is 0 Å². The zero-order valence-electron chi connectivity index (χ0n) is 23.8. The molecule has 38 heavy (non-hydrogen) atoms. The molecule has 2 aliphatic carbocycles. The SMILES string of the molecule is CCCC[Si](C)(C)C1CCC(C2CCC(c3ccc(-c4ccc(OCCCO)cc4)c(F)c3F)CC2)CC1. The predicted molar refractivity (Wildman–Crippen MR) is 157 cm³/mol. The maximum Gasteiger partial charge on any atom is 0.166 e. The molecule has 2 fully saturated rings. The Morgan fingerprint density at radius 1 is 0.816 bits per heavy atom. The van der Waals surface area contributed by atoms with Crippen LogP contribution in [0.1, 0.15) is 89.0 Å². The van der Waals surface area contributed by atoms with Gasteiger partial charge in [-0.1, -0.05) is 88.9 Å². The molecule has 0 heterocycles. The lowest BCUT2D eigenvalue weighted by molar-refractivity contribution is 0.183. The van der Waals surface area contributed by atoms with E-state index in [1.807, 2.05) is 6.07 Å². The van der Waals surface area contributed by atoms with Crippen molar-refractivity contribution in [1.82, 2.24) is 0 Å². The van der Waals surface area contributed by atoms with E-state index in [0.29, 0.717) is 35.5 Å². The first-order valence-corrected chi connectivity index (χ1v) is 18.4. The summed E-state index contributed by atoms with van der Waals surface area (Å²) < 4.78 is 36.0. The van der Waals surface area contributed by atoms with E-state index in [9.17, 15) is 0 Å². The van der Waals surface area contributed by atoms with Crippen molar-refractivity contribution < 1.29 is 18.6 Å². The highest BCUT2D eigenvalue weighted by Gasteiger charge is 2.37. The Balaban J connectivity index is 1.32. The van der Waals surface area contributed by atoms with Gasteiger partial charge in [-0.2, -0.15) is 0 Å². The predicted octanol–water partition coefficient (Wildman–Crippen LogP) is 9.74. The Kier molecular flexibility index (Phi) is 10.4. The second kappa shape index (κ2) is 13.6. The molecule has 4 rings (SSSR count). The van der Waals surface area contributed by atoms with Crippen molar-refractivity contribution in [3.05, 3.63) is 53.6 Å². The van der Waals surface area contributed by atoms with E-state index in [1.54, 1.807) is 30.3 Å². The highest BCUT2D eigenvalue weighted by molar-refractivity contribution is 6.78. The average Bonchev–Trinajstić information content (AvgIpc) is 2.94. The van der Waals surface area contributed by atoms with Gasteiger partial charge in [-0.05, 0) is 72.2 Å². The minimum Gasteiger partial charge on any atom is -0.494 e. The van der Waals surface area contributed by atoms with E-state index in [0.717, 1.165) is 43.1 Å². The summed E-state index contributed by atoms with van der Waals surface area (Å²) >= 11 is 0. The van der Waals surface area contributed by atoms with Gasteiger partial charge >= 0.3 is 0 Å². The molecule has 210 valence electrons. The molecule has 2 aliphatic rings. The fourth-order valence-electron chi connectivity index (χ4n) is 7.20. The summed E-state index contributed by atoms with van der Waals surface area (Å²) in [6, 6.07) is 12.1. The maximum absolute atomic E-state index is 15.3. The van der Waals surface area contributed by atoms with E-state index >= 15 is 8.78 Å². The zero-order valence-corrected chi connectivity index (χ0v) is 24.8. The van der Waals surface area contributed by atoms with Crippen molar-refractivity contribution in [2.75, 3.05) is 13.2 Å². The number of aliphatic hydroxyl groups is 1. The molecule has 2 aromatic rings. The standard InChI is InChI=1S/C33H48F2O2Si/c1-4-5-23-38(2,3)29-17-13-25(14-18-29)24-7-9-26(10-8-24)30-19-20-31(33(35)32(30)34)27-11-15-28(16-12-27)37-22-6-21-36/h11-12,15-16,19-20,24-26,29,36H,4-10,13-14,17-18,21-23H2,1-3H3. The largest absolute Gasteiger partial charge is 0.494 e. The highest BCUT2D eigenvalue weighted by atomic mass is 28.3. The van der Waals surface area contributed by atoms with Crippen LogP contribution in [0.5, 0.6) is 5.75 Å². The van der Waals surface area contributed by atoms with Crippen LogP contribution in [0, 0.1) is 23.5 Å². The van der Waals surface area contributed by atoms with Crippen molar-refractivity contribution in [1.29, 1.82) is 0 Å². The summed E-state index contributed by atoms with van der Waals surface area (Å²) in [7, 11) is -1.10. The fourth-order valence-corrected chi connectivity index (χ4v) is 10.8. The smallest absolute Gasteiger partial charge is 0.166 e. The van der Waals surface area contributed by atoms with Gasteiger partial charge in [-0.25, -0.2) is 8.78 Å². The van der Waals surface area contributed by atoms with Gasteiger partial charge in [-0.15, -0.1) is 0 Å². The van der Waals surface area contributed by atoms with Crippen molar-refractivity contribution in [3.8, 4) is 16.9 Å². The molecule has 0 saturated heterocycles. The van der Waals surface area contributed by atoms with Crippen LogP contribution in [0.4, 0.5) is 8.78 Å². The van der Waals surface area contributed by atoms with Crippen LogP contribution >= 0.6 is 0 Å². The van der Waals surface area contributed by atoms with Crippen LogP contribution in [-0.2, 0) is 0 Å². The van der Waals surface area contributed by atoms with E-state index in [2.05, 4.69) is 20.0 Å². The minimum atomic E-state index is -1.10. The molecule has 5 heteroatoms. The Hall–Kier alpha value is -1.72. The van der Waals surface area contributed by atoms with E-state index < -0.39 is 19.7 Å². The monoisotopic (exact) mass is 542 g/mol. The summed E-state index contributed by atoms with van der Waals surface area (Å²) in [5.41, 5.74) is 2.49. The van der Waals surface area contributed by atoms with Gasteiger partial charge in [0.05, 0.1) is 14.7 Å². The first-order chi connectivity index (χ1) is 18.3. The lowest BCUT2D eigenvalue weighted by atomic mass is 9.69. The number of rotatable bonds is 11. The number of hydrogen-bond donors (Lipinski definition) is 1. The summed E-state index contributed by atoms with van der Waals surface area (Å²) in [4.78, 5) is 0. The van der Waals surface area contributed by atoms with Crippen LogP contribution in [-0.4, -0.2) is 26.4 Å². The summed E-state index contributed by atoms with van der Waals surface area (Å²) in [5, 5.41) is 8.88. The highest BCUT2D eigenvalue weighted by Crippen LogP contribution is 2.48. The maximum atomic E-state index is 15.3. The number of unbranched alkanes of at least 4 members (excludes halogenated alkanes) is 1. The molecule has 0 bridgehead atoms. The second-order valence-electron chi connectivity index (χ2n) is 12.6. The molecular formula is C33H48F2O2Si. The summed E-state index contributed by atoms with van der Waals surface area (Å²) in [6.07, 6.45) is 13.1. The number of benzene rings is 2. The number of hydrogen-bond acceptors (Lipinski definition) is 2. The number of aliphatic hydroxyl groups excluding tert-OH is 1. The van der Waals surface area contributed by atoms with Crippen LogP contribution in [0.25, 0.3) is 11.1 Å². The number of ether oxygens (including phenoxy) is 1. The first kappa shape index (κ1) is 29.3. The van der Waals surface area contributed by atoms with Crippen LogP contribution in [0.15, 0.2) is 36.4 Å². The normalized spacial score (nSPS) is 24.4. The second-order valence-corrected chi connectivity index (χ2v) is 17.9. The van der Waals surface area contributed by atoms with E-state index in [1.165, 1.54) is 44.6 Å².